The standard InChI is InChI=1S/C12H16O2S/c1-9(2)8-14-11-7-5-4-6-10(11)12(13)15-3/h4-7,9H,8H2,1-3H3. The third-order valence-corrected chi connectivity index (χ3v) is 2.46. The summed E-state index contributed by atoms with van der Waals surface area (Å²) in [6, 6.07) is 7.37. The van der Waals surface area contributed by atoms with E-state index in [-0.39, 0.29) is 5.12 Å². The molecule has 0 atom stereocenters. The lowest BCUT2D eigenvalue weighted by atomic mass is 10.2. The normalized spacial score (nSPS) is 10.4. The summed E-state index contributed by atoms with van der Waals surface area (Å²) in [5.74, 6) is 1.15. The number of hydrogen-bond acceptors (Lipinski definition) is 3. The zero-order chi connectivity index (χ0) is 11.3. The average Bonchev–Trinajstić information content (AvgIpc) is 2.25. The van der Waals surface area contributed by atoms with Gasteiger partial charge in [0.25, 0.3) is 0 Å². The van der Waals surface area contributed by atoms with E-state index in [0.29, 0.717) is 23.8 Å². The molecule has 1 aromatic rings. The van der Waals surface area contributed by atoms with Crippen LogP contribution in [0.15, 0.2) is 24.3 Å². The maximum absolute atomic E-state index is 11.6. The molecule has 0 saturated carbocycles. The van der Waals surface area contributed by atoms with Gasteiger partial charge in [-0.15, -0.1) is 0 Å². The summed E-state index contributed by atoms with van der Waals surface area (Å²) in [7, 11) is 0. The van der Waals surface area contributed by atoms with Gasteiger partial charge in [-0.05, 0) is 24.3 Å². The van der Waals surface area contributed by atoms with Crippen molar-refractivity contribution in [3.63, 3.8) is 0 Å². The van der Waals surface area contributed by atoms with E-state index in [1.54, 1.807) is 12.3 Å². The lowest BCUT2D eigenvalue weighted by molar-refractivity contribution is 0.108. The molecule has 2 nitrogen and oxygen atoms in total. The Bertz CT molecular complexity index is 334. The van der Waals surface area contributed by atoms with E-state index in [1.807, 2.05) is 18.2 Å². The fourth-order valence-corrected chi connectivity index (χ4v) is 1.52. The molecule has 0 saturated heterocycles. The molecule has 1 rings (SSSR count). The number of hydrogen-bond donors (Lipinski definition) is 0. The Balaban J connectivity index is 2.81. The lowest BCUT2D eigenvalue weighted by Gasteiger charge is -2.11. The number of ether oxygens (including phenoxy) is 1. The smallest absolute Gasteiger partial charge is 0.222 e. The lowest BCUT2D eigenvalue weighted by Crippen LogP contribution is -2.07. The Kier molecular flexibility index (Phi) is 4.69. The summed E-state index contributed by atoms with van der Waals surface area (Å²) in [5, 5.41) is 0.0503. The minimum atomic E-state index is 0.0503. The van der Waals surface area contributed by atoms with Crippen molar-refractivity contribution in [3.05, 3.63) is 29.8 Å². The molecule has 0 aliphatic rings. The van der Waals surface area contributed by atoms with Crippen LogP contribution in [0.3, 0.4) is 0 Å². The quantitative estimate of drug-likeness (QED) is 0.785. The van der Waals surface area contributed by atoms with E-state index in [9.17, 15) is 4.79 Å². The third-order valence-electron chi connectivity index (χ3n) is 1.86. The van der Waals surface area contributed by atoms with Gasteiger partial charge in [0.05, 0.1) is 12.2 Å². The molecule has 0 unspecified atom stereocenters. The van der Waals surface area contributed by atoms with Crippen molar-refractivity contribution in [1.29, 1.82) is 0 Å². The monoisotopic (exact) mass is 224 g/mol. The van der Waals surface area contributed by atoms with Gasteiger partial charge in [0.2, 0.25) is 5.12 Å². The van der Waals surface area contributed by atoms with Crippen LogP contribution in [0, 0.1) is 5.92 Å². The van der Waals surface area contributed by atoms with Crippen molar-refractivity contribution < 1.29 is 9.53 Å². The summed E-state index contributed by atoms with van der Waals surface area (Å²) in [6.07, 6.45) is 1.78. The van der Waals surface area contributed by atoms with Crippen LogP contribution in [-0.2, 0) is 0 Å². The van der Waals surface area contributed by atoms with Gasteiger partial charge < -0.3 is 4.74 Å². The third kappa shape index (κ3) is 3.59. The Morgan fingerprint density at radius 3 is 2.67 bits per heavy atom. The first-order valence-corrected chi connectivity index (χ1v) is 6.17. The predicted octanol–water partition coefficient (Wildman–Crippen LogP) is 3.22. The molecule has 0 amide bonds. The van der Waals surface area contributed by atoms with Gasteiger partial charge >= 0.3 is 0 Å². The van der Waals surface area contributed by atoms with Crippen molar-refractivity contribution in [2.45, 2.75) is 13.8 Å². The van der Waals surface area contributed by atoms with Crippen molar-refractivity contribution in [3.8, 4) is 5.75 Å². The number of carbonyl (C=O) groups excluding carboxylic acids is 1. The van der Waals surface area contributed by atoms with E-state index >= 15 is 0 Å². The first kappa shape index (κ1) is 12.1. The largest absolute Gasteiger partial charge is 0.493 e. The van der Waals surface area contributed by atoms with Crippen molar-refractivity contribution in [2.24, 2.45) is 5.92 Å². The van der Waals surface area contributed by atoms with Gasteiger partial charge in [-0.3, -0.25) is 4.79 Å². The molecule has 0 radical (unpaired) electrons. The minimum absolute atomic E-state index is 0.0503. The Labute approximate surface area is 95.0 Å². The second-order valence-electron chi connectivity index (χ2n) is 3.69. The van der Waals surface area contributed by atoms with Crippen LogP contribution >= 0.6 is 11.8 Å². The molecule has 0 heterocycles. The average molecular weight is 224 g/mol. The van der Waals surface area contributed by atoms with Crippen LogP contribution in [0.4, 0.5) is 0 Å². The highest BCUT2D eigenvalue weighted by Gasteiger charge is 2.10. The van der Waals surface area contributed by atoms with Gasteiger partial charge in [-0.1, -0.05) is 37.7 Å². The molecule has 82 valence electrons. The van der Waals surface area contributed by atoms with E-state index in [1.165, 1.54) is 11.8 Å². The molecule has 0 bridgehead atoms. The van der Waals surface area contributed by atoms with Gasteiger partial charge in [0.15, 0.2) is 0 Å². The zero-order valence-electron chi connectivity index (χ0n) is 9.32. The van der Waals surface area contributed by atoms with Crippen LogP contribution in [0.5, 0.6) is 5.75 Å². The SMILES string of the molecule is CSC(=O)c1ccccc1OCC(C)C. The maximum atomic E-state index is 11.6. The van der Waals surface area contributed by atoms with Crippen molar-refractivity contribution >= 4 is 16.9 Å². The highest BCUT2D eigenvalue weighted by atomic mass is 32.2. The fraction of sp³-hybridized carbons (Fsp3) is 0.417. The highest BCUT2D eigenvalue weighted by Crippen LogP contribution is 2.22. The molecule has 0 spiro atoms. The van der Waals surface area contributed by atoms with E-state index in [2.05, 4.69) is 13.8 Å². The Hall–Kier alpha value is -0.960. The number of para-hydroxylation sites is 1. The van der Waals surface area contributed by atoms with Gasteiger partial charge in [0, 0.05) is 0 Å². The summed E-state index contributed by atoms with van der Waals surface area (Å²) in [5.41, 5.74) is 0.658. The molecule has 0 aliphatic heterocycles. The van der Waals surface area contributed by atoms with Crippen LogP contribution < -0.4 is 4.74 Å². The van der Waals surface area contributed by atoms with Crippen LogP contribution in [0.25, 0.3) is 0 Å². The second-order valence-corrected chi connectivity index (χ2v) is 4.47. The van der Waals surface area contributed by atoms with Gasteiger partial charge in [-0.2, -0.15) is 0 Å². The van der Waals surface area contributed by atoms with Crippen molar-refractivity contribution in [2.75, 3.05) is 12.9 Å². The van der Waals surface area contributed by atoms with E-state index in [4.69, 9.17) is 4.74 Å². The molecule has 3 heteroatoms. The zero-order valence-corrected chi connectivity index (χ0v) is 10.1. The van der Waals surface area contributed by atoms with Crippen LogP contribution in [-0.4, -0.2) is 18.0 Å². The molecule has 15 heavy (non-hydrogen) atoms. The van der Waals surface area contributed by atoms with Gasteiger partial charge in [0.1, 0.15) is 5.75 Å². The van der Waals surface area contributed by atoms with Crippen LogP contribution in [0.2, 0.25) is 0 Å². The molecule has 0 fully saturated rings. The molecule has 0 N–H and O–H groups in total. The highest BCUT2D eigenvalue weighted by molar-refractivity contribution is 8.13. The summed E-state index contributed by atoms with van der Waals surface area (Å²) in [4.78, 5) is 11.6. The fourth-order valence-electron chi connectivity index (χ4n) is 1.13. The van der Waals surface area contributed by atoms with E-state index in [0.717, 1.165) is 0 Å². The summed E-state index contributed by atoms with van der Waals surface area (Å²) < 4.78 is 5.59. The number of carbonyl (C=O) groups is 1. The number of rotatable bonds is 4. The number of benzene rings is 1. The summed E-state index contributed by atoms with van der Waals surface area (Å²) in [6.45, 7) is 4.80. The molecule has 0 aliphatic carbocycles. The minimum Gasteiger partial charge on any atom is -0.493 e. The maximum Gasteiger partial charge on any atom is 0.222 e. The van der Waals surface area contributed by atoms with Crippen LogP contribution in [0.1, 0.15) is 24.2 Å². The first-order valence-electron chi connectivity index (χ1n) is 4.95. The Morgan fingerprint density at radius 2 is 2.07 bits per heavy atom. The summed E-state index contributed by atoms with van der Waals surface area (Å²) >= 11 is 1.21. The topological polar surface area (TPSA) is 26.3 Å². The van der Waals surface area contributed by atoms with Gasteiger partial charge in [-0.25, -0.2) is 0 Å². The number of thioether (sulfide) groups is 1. The first-order chi connectivity index (χ1) is 7.15. The molecule has 1 aromatic carbocycles. The molecular weight excluding hydrogens is 208 g/mol. The predicted molar refractivity (Wildman–Crippen MR) is 64.6 cm³/mol. The molecular formula is C12H16O2S. The second kappa shape index (κ2) is 5.81. The Morgan fingerprint density at radius 1 is 1.40 bits per heavy atom. The van der Waals surface area contributed by atoms with Crippen molar-refractivity contribution in [1.82, 2.24) is 0 Å². The molecule has 0 aromatic heterocycles. The van der Waals surface area contributed by atoms with E-state index < -0.39 is 0 Å².